The molecule has 0 radical (unpaired) electrons. The third-order valence-electron chi connectivity index (χ3n) is 2.60. The molecule has 2 aromatic rings. The fourth-order valence-corrected chi connectivity index (χ4v) is 1.59. The molecule has 0 unspecified atom stereocenters. The van der Waals surface area contributed by atoms with Crippen LogP contribution in [0.4, 0.5) is 0 Å². The van der Waals surface area contributed by atoms with Crippen LogP contribution in [0, 0.1) is 0 Å². The number of hydrogen-bond acceptors (Lipinski definition) is 5. The Hall–Kier alpha value is -2.08. The summed E-state index contributed by atoms with van der Waals surface area (Å²) in [7, 11) is 3.23. The first-order valence-electron chi connectivity index (χ1n) is 5.54. The number of methoxy groups -OCH3 is 1. The van der Waals surface area contributed by atoms with Crippen LogP contribution in [-0.2, 0) is 24.9 Å². The van der Waals surface area contributed by atoms with Gasteiger partial charge in [-0.05, 0) is 12.1 Å². The summed E-state index contributed by atoms with van der Waals surface area (Å²) in [6, 6.07) is 3.61. The number of ether oxygens (including phenoxy) is 1. The Morgan fingerprint density at radius 1 is 1.56 bits per heavy atom. The summed E-state index contributed by atoms with van der Waals surface area (Å²) in [5.41, 5.74) is 1.50. The van der Waals surface area contributed by atoms with Crippen molar-refractivity contribution in [2.75, 3.05) is 7.11 Å². The summed E-state index contributed by atoms with van der Waals surface area (Å²) < 4.78 is 11.6. The van der Waals surface area contributed by atoms with Gasteiger partial charge in [0.05, 0.1) is 24.9 Å². The van der Waals surface area contributed by atoms with Gasteiger partial charge in [-0.15, -0.1) is 0 Å². The highest BCUT2D eigenvalue weighted by molar-refractivity contribution is 5.88. The predicted molar refractivity (Wildman–Crippen MR) is 63.8 cm³/mol. The van der Waals surface area contributed by atoms with Gasteiger partial charge in [0.2, 0.25) is 0 Å². The standard InChI is InChI=1S/C12H15N3O3/c1-15-10(3-4-14-15)6-13-7-11-5-9(8-18-11)12(16)17-2/h3-5,8,13H,6-7H2,1-2H3. The molecule has 2 heterocycles. The number of aromatic nitrogens is 2. The van der Waals surface area contributed by atoms with Crippen LogP contribution < -0.4 is 5.32 Å². The number of rotatable bonds is 5. The van der Waals surface area contributed by atoms with Crippen molar-refractivity contribution in [2.45, 2.75) is 13.1 Å². The normalized spacial score (nSPS) is 10.6. The molecule has 0 aliphatic carbocycles. The van der Waals surface area contributed by atoms with E-state index in [-0.39, 0.29) is 0 Å². The zero-order valence-electron chi connectivity index (χ0n) is 10.3. The first kappa shape index (κ1) is 12.4. The Labute approximate surface area is 105 Å². The molecule has 2 aromatic heterocycles. The lowest BCUT2D eigenvalue weighted by molar-refractivity contribution is 0.0600. The number of carbonyl (C=O) groups excluding carboxylic acids is 1. The van der Waals surface area contributed by atoms with Crippen molar-refractivity contribution in [2.24, 2.45) is 7.05 Å². The highest BCUT2D eigenvalue weighted by atomic mass is 16.5. The Balaban J connectivity index is 1.85. The van der Waals surface area contributed by atoms with Crippen LogP contribution in [-0.4, -0.2) is 22.9 Å². The Morgan fingerprint density at radius 3 is 3.06 bits per heavy atom. The SMILES string of the molecule is COC(=O)c1coc(CNCc2ccnn2C)c1. The van der Waals surface area contributed by atoms with Crippen LogP contribution in [0.1, 0.15) is 21.8 Å². The molecule has 0 amide bonds. The van der Waals surface area contributed by atoms with Crippen molar-refractivity contribution in [1.29, 1.82) is 0 Å². The van der Waals surface area contributed by atoms with Gasteiger partial charge in [-0.3, -0.25) is 4.68 Å². The van der Waals surface area contributed by atoms with E-state index in [4.69, 9.17) is 4.42 Å². The minimum atomic E-state index is -0.392. The average molecular weight is 249 g/mol. The van der Waals surface area contributed by atoms with Gasteiger partial charge in [0.1, 0.15) is 12.0 Å². The maximum absolute atomic E-state index is 11.2. The second-order valence-electron chi connectivity index (χ2n) is 3.84. The highest BCUT2D eigenvalue weighted by Crippen LogP contribution is 2.09. The summed E-state index contributed by atoms with van der Waals surface area (Å²) >= 11 is 0. The molecular weight excluding hydrogens is 234 g/mol. The summed E-state index contributed by atoms with van der Waals surface area (Å²) in [4.78, 5) is 11.2. The van der Waals surface area contributed by atoms with Gasteiger partial charge in [-0.1, -0.05) is 0 Å². The van der Waals surface area contributed by atoms with Crippen LogP contribution in [0.5, 0.6) is 0 Å². The molecule has 0 saturated heterocycles. The molecule has 0 aliphatic rings. The molecule has 2 rings (SSSR count). The number of aryl methyl sites for hydroxylation is 1. The van der Waals surface area contributed by atoms with E-state index in [9.17, 15) is 4.79 Å². The number of nitrogens with zero attached hydrogens (tertiary/aromatic N) is 2. The van der Waals surface area contributed by atoms with Gasteiger partial charge >= 0.3 is 5.97 Å². The number of hydrogen-bond donors (Lipinski definition) is 1. The molecule has 0 atom stereocenters. The third-order valence-corrected chi connectivity index (χ3v) is 2.60. The Bertz CT molecular complexity index is 530. The van der Waals surface area contributed by atoms with Crippen LogP contribution in [0.15, 0.2) is 29.0 Å². The second-order valence-corrected chi connectivity index (χ2v) is 3.84. The van der Waals surface area contributed by atoms with Gasteiger partial charge in [0.15, 0.2) is 0 Å². The van der Waals surface area contributed by atoms with E-state index in [0.717, 1.165) is 5.69 Å². The van der Waals surface area contributed by atoms with E-state index in [1.807, 2.05) is 13.1 Å². The van der Waals surface area contributed by atoms with Gasteiger partial charge in [-0.25, -0.2) is 4.79 Å². The van der Waals surface area contributed by atoms with Crippen LogP contribution in [0.25, 0.3) is 0 Å². The van der Waals surface area contributed by atoms with Crippen molar-refractivity contribution in [1.82, 2.24) is 15.1 Å². The van der Waals surface area contributed by atoms with E-state index in [1.165, 1.54) is 13.4 Å². The van der Waals surface area contributed by atoms with Gasteiger partial charge in [0, 0.05) is 19.8 Å². The summed E-state index contributed by atoms with van der Waals surface area (Å²) in [6.45, 7) is 1.23. The molecule has 6 heteroatoms. The van der Waals surface area contributed by atoms with Crippen molar-refractivity contribution in [3.05, 3.63) is 41.6 Å². The van der Waals surface area contributed by atoms with E-state index in [1.54, 1.807) is 16.9 Å². The zero-order valence-corrected chi connectivity index (χ0v) is 10.3. The molecule has 1 N–H and O–H groups in total. The summed E-state index contributed by atoms with van der Waals surface area (Å²) in [5, 5.41) is 7.28. The Kier molecular flexibility index (Phi) is 3.78. The lowest BCUT2D eigenvalue weighted by Gasteiger charge is -2.02. The van der Waals surface area contributed by atoms with E-state index >= 15 is 0 Å². The van der Waals surface area contributed by atoms with E-state index in [2.05, 4.69) is 15.2 Å². The average Bonchev–Trinajstić information content (AvgIpc) is 2.99. The number of nitrogens with one attached hydrogen (secondary N) is 1. The van der Waals surface area contributed by atoms with Gasteiger partial charge in [0.25, 0.3) is 0 Å². The van der Waals surface area contributed by atoms with Gasteiger partial charge in [-0.2, -0.15) is 5.10 Å². The molecule has 96 valence electrons. The zero-order chi connectivity index (χ0) is 13.0. The first-order valence-corrected chi connectivity index (χ1v) is 5.54. The van der Waals surface area contributed by atoms with E-state index < -0.39 is 5.97 Å². The molecule has 0 spiro atoms. The van der Waals surface area contributed by atoms with Crippen molar-refractivity contribution in [3.8, 4) is 0 Å². The van der Waals surface area contributed by atoms with Crippen molar-refractivity contribution >= 4 is 5.97 Å². The lowest BCUT2D eigenvalue weighted by atomic mass is 10.3. The largest absolute Gasteiger partial charge is 0.467 e. The predicted octanol–water partition coefficient (Wildman–Crippen LogP) is 1.09. The first-order chi connectivity index (χ1) is 8.70. The minimum absolute atomic E-state index is 0.392. The molecule has 0 aromatic carbocycles. The third kappa shape index (κ3) is 2.78. The van der Waals surface area contributed by atoms with Crippen molar-refractivity contribution in [3.63, 3.8) is 0 Å². The van der Waals surface area contributed by atoms with Crippen LogP contribution in [0.2, 0.25) is 0 Å². The minimum Gasteiger partial charge on any atom is -0.467 e. The topological polar surface area (TPSA) is 69.3 Å². The fraction of sp³-hybridized carbons (Fsp3) is 0.333. The summed E-state index contributed by atoms with van der Waals surface area (Å²) in [6.07, 6.45) is 3.15. The maximum atomic E-state index is 11.2. The molecule has 18 heavy (non-hydrogen) atoms. The molecular formula is C12H15N3O3. The van der Waals surface area contributed by atoms with E-state index in [0.29, 0.717) is 24.4 Å². The van der Waals surface area contributed by atoms with Gasteiger partial charge < -0.3 is 14.5 Å². The number of esters is 1. The van der Waals surface area contributed by atoms with Crippen LogP contribution >= 0.6 is 0 Å². The highest BCUT2D eigenvalue weighted by Gasteiger charge is 2.09. The maximum Gasteiger partial charge on any atom is 0.341 e. The summed E-state index contributed by atoms with van der Waals surface area (Å²) in [5.74, 6) is 0.300. The lowest BCUT2D eigenvalue weighted by Crippen LogP contribution is -2.14. The monoisotopic (exact) mass is 249 g/mol. The van der Waals surface area contributed by atoms with Crippen molar-refractivity contribution < 1.29 is 13.9 Å². The smallest absolute Gasteiger partial charge is 0.341 e. The number of carbonyl (C=O) groups is 1. The second kappa shape index (κ2) is 5.50. The molecule has 0 bridgehead atoms. The Morgan fingerprint density at radius 2 is 2.39 bits per heavy atom. The molecule has 0 saturated carbocycles. The molecule has 6 nitrogen and oxygen atoms in total. The number of furan rings is 1. The fourth-order valence-electron chi connectivity index (χ4n) is 1.59. The molecule has 0 fully saturated rings. The quantitative estimate of drug-likeness (QED) is 0.803. The molecule has 0 aliphatic heterocycles. The van der Waals surface area contributed by atoms with Crippen LogP contribution in [0.3, 0.4) is 0 Å².